The largest absolute Gasteiger partial charge is 0.381 e. The molecular weight excluding hydrogens is 264 g/mol. The molecule has 0 bridgehead atoms. The van der Waals surface area contributed by atoms with Gasteiger partial charge in [-0.25, -0.2) is 4.79 Å². The van der Waals surface area contributed by atoms with E-state index in [1.54, 1.807) is 12.1 Å². The summed E-state index contributed by atoms with van der Waals surface area (Å²) in [6, 6.07) is 15.2. The van der Waals surface area contributed by atoms with Gasteiger partial charge >= 0.3 is 6.03 Å². The van der Waals surface area contributed by atoms with Crippen LogP contribution < -0.4 is 16.4 Å². The molecule has 0 spiro atoms. The van der Waals surface area contributed by atoms with Gasteiger partial charge in [0.2, 0.25) is 0 Å². The van der Waals surface area contributed by atoms with E-state index in [4.69, 9.17) is 5.73 Å². The maximum atomic E-state index is 10.7. The Labute approximate surface area is 122 Å². The Hall–Kier alpha value is -2.95. The van der Waals surface area contributed by atoms with Crippen molar-refractivity contribution in [3.05, 3.63) is 60.3 Å². The van der Waals surface area contributed by atoms with E-state index in [-0.39, 0.29) is 0 Å². The molecule has 0 unspecified atom stereocenters. The Morgan fingerprint density at radius 2 is 1.81 bits per heavy atom. The van der Waals surface area contributed by atoms with Crippen LogP contribution in [-0.4, -0.2) is 11.0 Å². The minimum Gasteiger partial charge on any atom is -0.381 e. The number of rotatable bonds is 4. The number of carbonyl (C=O) groups is 1. The van der Waals surface area contributed by atoms with Crippen LogP contribution in [0.25, 0.3) is 10.9 Å². The molecule has 2 aromatic carbocycles. The van der Waals surface area contributed by atoms with Gasteiger partial charge in [0.05, 0.1) is 0 Å². The number of amides is 2. The van der Waals surface area contributed by atoms with Crippen LogP contribution >= 0.6 is 0 Å². The summed E-state index contributed by atoms with van der Waals surface area (Å²) >= 11 is 0. The second-order valence-electron chi connectivity index (χ2n) is 4.82. The summed E-state index contributed by atoms with van der Waals surface area (Å²) in [7, 11) is 0. The zero-order valence-corrected chi connectivity index (χ0v) is 11.4. The van der Waals surface area contributed by atoms with Gasteiger partial charge in [-0.1, -0.05) is 12.1 Å². The first-order valence-corrected chi connectivity index (χ1v) is 6.67. The number of aromatic nitrogens is 1. The lowest BCUT2D eigenvalue weighted by Crippen LogP contribution is -2.19. The summed E-state index contributed by atoms with van der Waals surface area (Å²) in [5.41, 5.74) is 9.06. The molecule has 5 heteroatoms. The van der Waals surface area contributed by atoms with E-state index in [1.165, 1.54) is 10.9 Å². The van der Waals surface area contributed by atoms with Crippen LogP contribution in [0.1, 0.15) is 5.56 Å². The molecule has 3 rings (SSSR count). The molecule has 5 N–H and O–H groups in total. The van der Waals surface area contributed by atoms with E-state index in [0.29, 0.717) is 5.69 Å². The molecule has 0 fully saturated rings. The summed E-state index contributed by atoms with van der Waals surface area (Å²) in [5, 5.41) is 7.08. The fourth-order valence-electron chi connectivity index (χ4n) is 2.22. The number of anilines is 2. The highest BCUT2D eigenvalue weighted by Crippen LogP contribution is 2.17. The fourth-order valence-corrected chi connectivity index (χ4v) is 2.22. The minimum absolute atomic E-state index is 0.560. The standard InChI is InChI=1S/C16H16N4O/c17-16(21)20-14-5-3-13(4-6-14)19-10-11-1-2-12-7-8-18-15(12)9-11/h1-9,18-19H,10H2,(H3,17,20,21). The first kappa shape index (κ1) is 13.1. The van der Waals surface area contributed by atoms with Gasteiger partial charge in [-0.05, 0) is 47.3 Å². The van der Waals surface area contributed by atoms with Crippen LogP contribution in [0.3, 0.4) is 0 Å². The number of hydrogen-bond acceptors (Lipinski definition) is 2. The predicted molar refractivity (Wildman–Crippen MR) is 85.3 cm³/mol. The van der Waals surface area contributed by atoms with E-state index in [0.717, 1.165) is 17.7 Å². The Morgan fingerprint density at radius 3 is 2.57 bits per heavy atom. The van der Waals surface area contributed by atoms with Crippen molar-refractivity contribution < 1.29 is 4.79 Å². The average molecular weight is 280 g/mol. The molecule has 2 amide bonds. The number of nitrogens with one attached hydrogen (secondary N) is 3. The number of carbonyl (C=O) groups excluding carboxylic acids is 1. The maximum absolute atomic E-state index is 10.7. The third-order valence-electron chi connectivity index (χ3n) is 3.27. The van der Waals surface area contributed by atoms with Gasteiger partial charge in [-0.15, -0.1) is 0 Å². The van der Waals surface area contributed by atoms with Gasteiger partial charge in [0.15, 0.2) is 0 Å². The first-order chi connectivity index (χ1) is 10.2. The highest BCUT2D eigenvalue weighted by Gasteiger charge is 1.99. The average Bonchev–Trinajstić information content (AvgIpc) is 2.93. The Bertz CT molecular complexity index is 761. The minimum atomic E-state index is -0.560. The van der Waals surface area contributed by atoms with Gasteiger partial charge < -0.3 is 21.4 Å². The molecule has 106 valence electrons. The molecule has 0 atom stereocenters. The zero-order valence-electron chi connectivity index (χ0n) is 11.4. The van der Waals surface area contributed by atoms with E-state index in [9.17, 15) is 4.79 Å². The van der Waals surface area contributed by atoms with Crippen LogP contribution in [-0.2, 0) is 6.54 Å². The molecule has 0 aliphatic carbocycles. The predicted octanol–water partition coefficient (Wildman–Crippen LogP) is 3.27. The van der Waals surface area contributed by atoms with Gasteiger partial charge in [0, 0.05) is 29.6 Å². The van der Waals surface area contributed by atoms with Crippen molar-refractivity contribution in [2.45, 2.75) is 6.54 Å². The molecule has 3 aromatic rings. The van der Waals surface area contributed by atoms with Gasteiger partial charge in [-0.2, -0.15) is 0 Å². The Kier molecular flexibility index (Phi) is 3.47. The Balaban J connectivity index is 1.65. The molecule has 0 aliphatic heterocycles. The topological polar surface area (TPSA) is 82.9 Å². The molecule has 21 heavy (non-hydrogen) atoms. The van der Waals surface area contributed by atoms with Crippen molar-refractivity contribution in [3.8, 4) is 0 Å². The number of primary amides is 1. The molecule has 0 saturated carbocycles. The quantitative estimate of drug-likeness (QED) is 0.591. The molecule has 1 heterocycles. The number of urea groups is 1. The summed E-state index contributed by atoms with van der Waals surface area (Å²) < 4.78 is 0. The summed E-state index contributed by atoms with van der Waals surface area (Å²) in [6.07, 6.45) is 1.94. The lowest BCUT2D eigenvalue weighted by molar-refractivity contribution is 0.259. The normalized spacial score (nSPS) is 10.5. The molecule has 5 nitrogen and oxygen atoms in total. The number of H-pyrrole nitrogens is 1. The lowest BCUT2D eigenvalue weighted by atomic mass is 10.1. The number of nitrogens with two attached hydrogens (primary N) is 1. The third-order valence-corrected chi connectivity index (χ3v) is 3.27. The molecule has 1 aromatic heterocycles. The first-order valence-electron chi connectivity index (χ1n) is 6.67. The monoisotopic (exact) mass is 280 g/mol. The summed E-state index contributed by atoms with van der Waals surface area (Å²) in [4.78, 5) is 13.9. The highest BCUT2D eigenvalue weighted by molar-refractivity contribution is 5.88. The van der Waals surface area contributed by atoms with Crippen molar-refractivity contribution in [2.75, 3.05) is 10.6 Å². The number of fused-ring (bicyclic) bond motifs is 1. The van der Waals surface area contributed by atoms with Crippen LogP contribution in [0.2, 0.25) is 0 Å². The van der Waals surface area contributed by atoms with Gasteiger partial charge in [-0.3, -0.25) is 0 Å². The van der Waals surface area contributed by atoms with E-state index in [1.807, 2.05) is 18.3 Å². The molecule has 0 saturated heterocycles. The van der Waals surface area contributed by atoms with Crippen LogP contribution in [0.15, 0.2) is 54.7 Å². The molecule has 0 aliphatic rings. The van der Waals surface area contributed by atoms with E-state index < -0.39 is 6.03 Å². The van der Waals surface area contributed by atoms with Crippen molar-refractivity contribution >= 4 is 28.3 Å². The van der Waals surface area contributed by atoms with Crippen molar-refractivity contribution in [2.24, 2.45) is 5.73 Å². The van der Waals surface area contributed by atoms with Gasteiger partial charge in [0.1, 0.15) is 0 Å². The third kappa shape index (κ3) is 3.14. The van der Waals surface area contributed by atoms with Crippen LogP contribution in [0, 0.1) is 0 Å². The van der Waals surface area contributed by atoms with E-state index >= 15 is 0 Å². The van der Waals surface area contributed by atoms with Crippen molar-refractivity contribution in [1.82, 2.24) is 4.98 Å². The summed E-state index contributed by atoms with van der Waals surface area (Å²) in [6.45, 7) is 0.734. The van der Waals surface area contributed by atoms with Gasteiger partial charge in [0.25, 0.3) is 0 Å². The Morgan fingerprint density at radius 1 is 1.05 bits per heavy atom. The van der Waals surface area contributed by atoms with Crippen LogP contribution in [0.5, 0.6) is 0 Å². The van der Waals surface area contributed by atoms with Crippen molar-refractivity contribution in [3.63, 3.8) is 0 Å². The second kappa shape index (κ2) is 5.58. The fraction of sp³-hybridized carbons (Fsp3) is 0.0625. The van der Waals surface area contributed by atoms with E-state index in [2.05, 4.69) is 39.9 Å². The molecular formula is C16H16N4O. The highest BCUT2D eigenvalue weighted by atomic mass is 16.2. The van der Waals surface area contributed by atoms with Crippen LogP contribution in [0.4, 0.5) is 16.2 Å². The zero-order chi connectivity index (χ0) is 14.7. The SMILES string of the molecule is NC(=O)Nc1ccc(NCc2ccc3cc[nH]c3c2)cc1. The second-order valence-corrected chi connectivity index (χ2v) is 4.82. The number of hydrogen-bond donors (Lipinski definition) is 4. The number of aromatic amines is 1. The number of benzene rings is 2. The smallest absolute Gasteiger partial charge is 0.316 e. The molecule has 0 radical (unpaired) electrons. The lowest BCUT2D eigenvalue weighted by Gasteiger charge is -2.08. The maximum Gasteiger partial charge on any atom is 0.316 e. The summed E-state index contributed by atoms with van der Waals surface area (Å²) in [5.74, 6) is 0. The van der Waals surface area contributed by atoms with Crippen molar-refractivity contribution in [1.29, 1.82) is 0 Å².